The molecule has 1 aliphatic rings. The van der Waals surface area contributed by atoms with Gasteiger partial charge in [-0.25, -0.2) is 0 Å². The molecule has 2 rings (SSSR count). The molecule has 0 spiro atoms. The van der Waals surface area contributed by atoms with Crippen LogP contribution in [-0.4, -0.2) is 25.2 Å². The van der Waals surface area contributed by atoms with Gasteiger partial charge >= 0.3 is 0 Å². The number of anilines is 1. The van der Waals surface area contributed by atoms with E-state index >= 15 is 0 Å². The van der Waals surface area contributed by atoms with Crippen molar-refractivity contribution in [1.82, 2.24) is 5.32 Å². The van der Waals surface area contributed by atoms with Crippen LogP contribution >= 0.6 is 34.2 Å². The smallest absolute Gasteiger partial charge is 0.0650 e. The number of hydrogen-bond acceptors (Lipinski definition) is 2. The van der Waals surface area contributed by atoms with Gasteiger partial charge in [-0.3, -0.25) is 0 Å². The van der Waals surface area contributed by atoms with Crippen molar-refractivity contribution in [3.8, 4) is 0 Å². The third kappa shape index (κ3) is 3.99. The van der Waals surface area contributed by atoms with E-state index in [1.165, 1.54) is 28.5 Å². The van der Waals surface area contributed by atoms with Crippen LogP contribution in [0.2, 0.25) is 5.02 Å². The Morgan fingerprint density at radius 1 is 1.47 bits per heavy atom. The highest BCUT2D eigenvalue weighted by molar-refractivity contribution is 14.1. The van der Waals surface area contributed by atoms with Crippen LogP contribution in [0.5, 0.6) is 0 Å². The molecule has 0 aromatic heterocycles. The molecule has 0 amide bonds. The van der Waals surface area contributed by atoms with Crippen molar-refractivity contribution >= 4 is 39.9 Å². The molecule has 1 aromatic rings. The molecule has 0 bridgehead atoms. The fourth-order valence-corrected chi connectivity index (χ4v) is 3.74. The van der Waals surface area contributed by atoms with Gasteiger partial charge in [-0.2, -0.15) is 0 Å². The Hall–Kier alpha value is -0.0000000000000000555. The van der Waals surface area contributed by atoms with E-state index in [9.17, 15) is 0 Å². The monoisotopic (exact) mass is 392 g/mol. The Morgan fingerprint density at radius 3 is 2.89 bits per heavy atom. The molecule has 2 unspecified atom stereocenters. The lowest BCUT2D eigenvalue weighted by Crippen LogP contribution is -2.47. The third-order valence-electron chi connectivity index (χ3n) is 3.78. The fraction of sp³-hybridized carbons (Fsp3) is 0.600. The summed E-state index contributed by atoms with van der Waals surface area (Å²) in [4.78, 5) is 2.45. The van der Waals surface area contributed by atoms with E-state index in [1.54, 1.807) is 0 Å². The minimum Gasteiger partial charge on any atom is -0.368 e. The number of nitrogens with one attached hydrogen (secondary N) is 1. The standard InChI is InChI=1S/C15H22ClIN2/c1-3-7-18-13-6-8-19(11(2)9-13)15-5-4-12(17)10-14(15)16/h4-5,10-11,13,18H,3,6-9H2,1-2H3. The first-order chi connectivity index (χ1) is 9.11. The highest BCUT2D eigenvalue weighted by atomic mass is 127. The summed E-state index contributed by atoms with van der Waals surface area (Å²) in [6.07, 6.45) is 3.60. The number of rotatable bonds is 4. The zero-order valence-corrected chi connectivity index (χ0v) is 14.5. The average molecular weight is 393 g/mol. The van der Waals surface area contributed by atoms with Gasteiger partial charge in [-0.15, -0.1) is 0 Å². The summed E-state index contributed by atoms with van der Waals surface area (Å²) in [6, 6.07) is 7.54. The lowest BCUT2D eigenvalue weighted by atomic mass is 9.97. The maximum atomic E-state index is 6.39. The van der Waals surface area contributed by atoms with Crippen LogP contribution in [0.3, 0.4) is 0 Å². The van der Waals surface area contributed by atoms with E-state index in [-0.39, 0.29) is 0 Å². The fourth-order valence-electron chi connectivity index (χ4n) is 2.78. The van der Waals surface area contributed by atoms with Crippen molar-refractivity contribution in [1.29, 1.82) is 0 Å². The van der Waals surface area contributed by atoms with Crippen molar-refractivity contribution in [2.24, 2.45) is 0 Å². The Bertz CT molecular complexity index is 425. The zero-order chi connectivity index (χ0) is 13.8. The lowest BCUT2D eigenvalue weighted by molar-refractivity contribution is 0.369. The highest BCUT2D eigenvalue weighted by Gasteiger charge is 2.26. The summed E-state index contributed by atoms with van der Waals surface area (Å²) in [7, 11) is 0. The summed E-state index contributed by atoms with van der Waals surface area (Å²) in [6.45, 7) is 6.73. The van der Waals surface area contributed by atoms with Crippen molar-refractivity contribution < 1.29 is 0 Å². The molecule has 0 radical (unpaired) electrons. The Morgan fingerprint density at radius 2 is 2.26 bits per heavy atom. The summed E-state index contributed by atoms with van der Waals surface area (Å²) in [5, 5.41) is 4.51. The van der Waals surface area contributed by atoms with Gasteiger partial charge in [0.1, 0.15) is 0 Å². The first-order valence-corrected chi connectivity index (χ1v) is 8.52. The van der Waals surface area contributed by atoms with Gasteiger partial charge in [-0.1, -0.05) is 18.5 Å². The van der Waals surface area contributed by atoms with Crippen LogP contribution in [-0.2, 0) is 0 Å². The van der Waals surface area contributed by atoms with Crippen molar-refractivity contribution in [3.05, 3.63) is 26.8 Å². The lowest BCUT2D eigenvalue weighted by Gasteiger charge is -2.40. The van der Waals surface area contributed by atoms with Crippen LogP contribution in [0.15, 0.2) is 18.2 Å². The third-order valence-corrected chi connectivity index (χ3v) is 4.75. The van der Waals surface area contributed by atoms with E-state index in [0.717, 1.165) is 18.1 Å². The maximum Gasteiger partial charge on any atom is 0.0650 e. The molecule has 0 aliphatic carbocycles. The largest absolute Gasteiger partial charge is 0.368 e. The Balaban J connectivity index is 2.03. The average Bonchev–Trinajstić information content (AvgIpc) is 2.37. The van der Waals surface area contributed by atoms with Gasteiger partial charge in [0.25, 0.3) is 0 Å². The number of halogens is 2. The number of nitrogens with zero attached hydrogens (tertiary/aromatic N) is 1. The van der Waals surface area contributed by atoms with Crippen molar-refractivity contribution in [3.63, 3.8) is 0 Å². The normalized spacial score (nSPS) is 23.7. The van der Waals surface area contributed by atoms with Crippen LogP contribution in [0.1, 0.15) is 33.1 Å². The van der Waals surface area contributed by atoms with Crippen molar-refractivity contribution in [2.75, 3.05) is 18.0 Å². The summed E-state index contributed by atoms with van der Waals surface area (Å²) in [5.74, 6) is 0. The van der Waals surface area contributed by atoms with Gasteiger partial charge < -0.3 is 10.2 Å². The van der Waals surface area contributed by atoms with Crippen molar-refractivity contribution in [2.45, 2.75) is 45.2 Å². The molecular formula is C15H22ClIN2. The number of piperidine rings is 1. The van der Waals surface area contributed by atoms with Crippen LogP contribution in [0, 0.1) is 3.57 Å². The molecule has 2 nitrogen and oxygen atoms in total. The van der Waals surface area contributed by atoms with Gasteiger partial charge in [0, 0.05) is 22.2 Å². The van der Waals surface area contributed by atoms with Crippen LogP contribution in [0.4, 0.5) is 5.69 Å². The van der Waals surface area contributed by atoms with E-state index in [0.29, 0.717) is 12.1 Å². The van der Waals surface area contributed by atoms with Gasteiger partial charge in [-0.05, 0) is 73.5 Å². The van der Waals surface area contributed by atoms with Crippen LogP contribution in [0.25, 0.3) is 0 Å². The quantitative estimate of drug-likeness (QED) is 0.769. The molecule has 1 aromatic carbocycles. The molecule has 106 valence electrons. The molecule has 4 heteroatoms. The summed E-state index contributed by atoms with van der Waals surface area (Å²) in [5.41, 5.74) is 1.18. The van der Waals surface area contributed by atoms with Gasteiger partial charge in [0.2, 0.25) is 0 Å². The van der Waals surface area contributed by atoms with E-state index in [2.05, 4.69) is 58.8 Å². The predicted molar refractivity (Wildman–Crippen MR) is 92.3 cm³/mol. The first kappa shape index (κ1) is 15.4. The van der Waals surface area contributed by atoms with E-state index < -0.39 is 0 Å². The molecule has 1 N–H and O–H groups in total. The molecule has 0 saturated carbocycles. The zero-order valence-electron chi connectivity index (χ0n) is 11.6. The van der Waals surface area contributed by atoms with Crippen LogP contribution < -0.4 is 10.2 Å². The second-order valence-electron chi connectivity index (χ2n) is 5.31. The second kappa shape index (κ2) is 7.14. The maximum absolute atomic E-state index is 6.39. The number of benzene rings is 1. The summed E-state index contributed by atoms with van der Waals surface area (Å²) >= 11 is 8.69. The SMILES string of the molecule is CCCNC1CCN(c2ccc(I)cc2Cl)C(C)C1. The first-order valence-electron chi connectivity index (χ1n) is 7.07. The van der Waals surface area contributed by atoms with E-state index in [4.69, 9.17) is 11.6 Å². The molecular weight excluding hydrogens is 371 g/mol. The highest BCUT2D eigenvalue weighted by Crippen LogP contribution is 2.32. The molecule has 1 fully saturated rings. The van der Waals surface area contributed by atoms with Gasteiger partial charge in [0.15, 0.2) is 0 Å². The number of hydrogen-bond donors (Lipinski definition) is 1. The minimum atomic E-state index is 0.542. The van der Waals surface area contributed by atoms with E-state index in [1.807, 2.05) is 6.07 Å². The minimum absolute atomic E-state index is 0.542. The van der Waals surface area contributed by atoms with Gasteiger partial charge in [0.05, 0.1) is 10.7 Å². The molecule has 19 heavy (non-hydrogen) atoms. The second-order valence-corrected chi connectivity index (χ2v) is 6.97. The molecule has 2 atom stereocenters. The molecule has 1 saturated heterocycles. The molecule has 1 heterocycles. The Labute approximate surface area is 135 Å². The summed E-state index contributed by atoms with van der Waals surface area (Å²) < 4.78 is 1.19. The molecule has 1 aliphatic heterocycles. The predicted octanol–water partition coefficient (Wildman–Crippen LogP) is 4.30. The Kier molecular flexibility index (Phi) is 5.78. The topological polar surface area (TPSA) is 15.3 Å².